The van der Waals surface area contributed by atoms with E-state index >= 15 is 0 Å². The van der Waals surface area contributed by atoms with E-state index in [9.17, 15) is 25.5 Å². The van der Waals surface area contributed by atoms with Crippen LogP contribution in [-0.2, 0) is 21.7 Å². The van der Waals surface area contributed by atoms with Crippen LogP contribution in [0.2, 0.25) is 5.02 Å². The van der Waals surface area contributed by atoms with Crippen molar-refractivity contribution in [3.8, 4) is 5.75 Å². The molecule has 2 aromatic carbocycles. The van der Waals surface area contributed by atoms with Crippen molar-refractivity contribution < 1.29 is 39.7 Å². The van der Waals surface area contributed by atoms with Crippen LogP contribution in [0.1, 0.15) is 42.4 Å². The molecule has 8 nitrogen and oxygen atoms in total. The van der Waals surface area contributed by atoms with Gasteiger partial charge in [-0.05, 0) is 67.5 Å². The first-order valence-corrected chi connectivity index (χ1v) is 12.2. The molecule has 35 heavy (non-hydrogen) atoms. The van der Waals surface area contributed by atoms with Gasteiger partial charge in [0.05, 0.1) is 13.2 Å². The summed E-state index contributed by atoms with van der Waals surface area (Å²) in [6.07, 6.45) is -1.76. The maximum atomic E-state index is 11.1. The van der Waals surface area contributed by atoms with Crippen molar-refractivity contribution in [3.63, 3.8) is 0 Å². The fourth-order valence-electron chi connectivity index (χ4n) is 5.03. The molecule has 192 valence electrons. The maximum absolute atomic E-state index is 11.1. The van der Waals surface area contributed by atoms with E-state index in [4.69, 9.17) is 25.8 Å². The molecule has 2 aromatic rings. The van der Waals surface area contributed by atoms with Crippen LogP contribution in [0.4, 0.5) is 0 Å². The third-order valence-corrected chi connectivity index (χ3v) is 7.37. The molecular weight excluding hydrogens is 476 g/mol. The van der Waals surface area contributed by atoms with E-state index in [0.717, 1.165) is 37.0 Å². The summed E-state index contributed by atoms with van der Waals surface area (Å²) in [7, 11) is 1.69. The largest absolute Gasteiger partial charge is 0.485 e. The van der Waals surface area contributed by atoms with Gasteiger partial charge in [-0.15, -0.1) is 0 Å². The van der Waals surface area contributed by atoms with Gasteiger partial charge in [-0.2, -0.15) is 0 Å². The molecule has 1 saturated heterocycles. The minimum Gasteiger partial charge on any atom is -0.485 e. The number of hydrogen-bond acceptors (Lipinski definition) is 8. The lowest BCUT2D eigenvalue weighted by Crippen LogP contribution is -2.63. The van der Waals surface area contributed by atoms with Crippen molar-refractivity contribution in [2.75, 3.05) is 20.3 Å². The van der Waals surface area contributed by atoms with Gasteiger partial charge < -0.3 is 39.7 Å². The fourth-order valence-corrected chi connectivity index (χ4v) is 5.21. The number of ether oxygens (including phenoxy) is 3. The summed E-state index contributed by atoms with van der Waals surface area (Å²) in [6, 6.07) is 12.3. The van der Waals surface area contributed by atoms with E-state index in [1.807, 2.05) is 24.3 Å². The number of rotatable bonds is 8. The van der Waals surface area contributed by atoms with Crippen LogP contribution in [0.25, 0.3) is 0 Å². The molecule has 9 heteroatoms. The zero-order valence-corrected chi connectivity index (χ0v) is 20.4. The average molecular weight is 509 g/mol. The number of aliphatic hydroxyl groups excluding tert-OH is 4. The summed E-state index contributed by atoms with van der Waals surface area (Å²) in [5, 5.41) is 51.7. The summed E-state index contributed by atoms with van der Waals surface area (Å²) in [6.45, 7) is -0.0926. The van der Waals surface area contributed by atoms with E-state index in [1.165, 1.54) is 6.07 Å². The number of aliphatic hydroxyl groups is 5. The Morgan fingerprint density at radius 2 is 1.71 bits per heavy atom. The molecule has 0 unspecified atom stereocenters. The smallest absolute Gasteiger partial charge is 0.222 e. The molecule has 0 radical (unpaired) electrons. The first kappa shape index (κ1) is 26.3. The lowest BCUT2D eigenvalue weighted by Gasteiger charge is -2.45. The fraction of sp³-hybridized carbons (Fsp3) is 0.538. The molecule has 5 N–H and O–H groups in total. The Kier molecular flexibility index (Phi) is 8.05. The van der Waals surface area contributed by atoms with Crippen LogP contribution in [0.15, 0.2) is 42.5 Å². The van der Waals surface area contributed by atoms with Crippen LogP contribution >= 0.6 is 11.6 Å². The second-order valence-electron chi connectivity index (χ2n) is 9.51. The highest BCUT2D eigenvalue weighted by molar-refractivity contribution is 6.31. The molecule has 1 aliphatic carbocycles. The van der Waals surface area contributed by atoms with Crippen molar-refractivity contribution in [1.29, 1.82) is 0 Å². The van der Waals surface area contributed by atoms with Gasteiger partial charge in [0.1, 0.15) is 35.8 Å². The summed E-state index contributed by atoms with van der Waals surface area (Å²) >= 11 is 6.42. The lowest BCUT2D eigenvalue weighted by atomic mass is 9.87. The summed E-state index contributed by atoms with van der Waals surface area (Å²) < 4.78 is 17.1. The Bertz CT molecular complexity index is 991. The quantitative estimate of drug-likeness (QED) is 0.365. The summed E-state index contributed by atoms with van der Waals surface area (Å²) in [4.78, 5) is 0. The molecule has 0 spiro atoms. The van der Waals surface area contributed by atoms with Crippen molar-refractivity contribution in [2.45, 2.75) is 67.9 Å². The van der Waals surface area contributed by atoms with Gasteiger partial charge in [-0.3, -0.25) is 0 Å². The van der Waals surface area contributed by atoms with Gasteiger partial charge in [-0.1, -0.05) is 29.8 Å². The topological polar surface area (TPSA) is 129 Å². The van der Waals surface area contributed by atoms with Crippen LogP contribution in [0.5, 0.6) is 5.75 Å². The lowest BCUT2D eigenvalue weighted by molar-refractivity contribution is -0.357. The molecule has 2 aliphatic rings. The Hall–Kier alpha value is -1.75. The zero-order valence-electron chi connectivity index (χ0n) is 19.6. The molecule has 1 heterocycles. The van der Waals surface area contributed by atoms with Crippen molar-refractivity contribution in [2.24, 2.45) is 0 Å². The number of methoxy groups -OCH3 is 1. The molecule has 0 bridgehead atoms. The minimum atomic E-state index is -2.33. The van der Waals surface area contributed by atoms with E-state index in [0.29, 0.717) is 23.6 Å². The predicted octanol–water partition coefficient (Wildman–Crippen LogP) is 1.89. The SMILES string of the molecule is COCC1(Oc2ccc(Cc3cc([C@]4(O)O[C@H](CO)[C@@H](O)[C@H](O)[C@H]4O)ccc3Cl)cc2)CCCC1. The summed E-state index contributed by atoms with van der Waals surface area (Å²) in [5.74, 6) is -1.57. The molecule has 2 fully saturated rings. The summed E-state index contributed by atoms with van der Waals surface area (Å²) in [5.41, 5.74) is 1.48. The highest BCUT2D eigenvalue weighted by Crippen LogP contribution is 2.38. The molecule has 5 atom stereocenters. The Balaban J connectivity index is 1.53. The van der Waals surface area contributed by atoms with Gasteiger partial charge in [0, 0.05) is 17.7 Å². The monoisotopic (exact) mass is 508 g/mol. The molecule has 0 amide bonds. The van der Waals surface area contributed by atoms with Crippen molar-refractivity contribution in [1.82, 2.24) is 0 Å². The first-order chi connectivity index (χ1) is 16.7. The van der Waals surface area contributed by atoms with Gasteiger partial charge in [0.15, 0.2) is 0 Å². The average Bonchev–Trinajstić information content (AvgIpc) is 3.31. The Labute approximate surface area is 209 Å². The van der Waals surface area contributed by atoms with Gasteiger partial charge >= 0.3 is 0 Å². The second kappa shape index (κ2) is 10.7. The number of halogens is 1. The van der Waals surface area contributed by atoms with Crippen LogP contribution in [0, 0.1) is 0 Å². The third kappa shape index (κ3) is 5.35. The minimum absolute atomic E-state index is 0.150. The highest BCUT2D eigenvalue weighted by atomic mass is 35.5. The zero-order chi connectivity index (χ0) is 25.2. The third-order valence-electron chi connectivity index (χ3n) is 7.00. The van der Waals surface area contributed by atoms with Gasteiger partial charge in [-0.25, -0.2) is 0 Å². The van der Waals surface area contributed by atoms with E-state index < -0.39 is 36.8 Å². The van der Waals surface area contributed by atoms with E-state index in [1.54, 1.807) is 19.2 Å². The van der Waals surface area contributed by atoms with Crippen molar-refractivity contribution in [3.05, 3.63) is 64.2 Å². The normalized spacial score (nSPS) is 30.4. The van der Waals surface area contributed by atoms with Gasteiger partial charge in [0.2, 0.25) is 5.79 Å². The van der Waals surface area contributed by atoms with E-state index in [-0.39, 0.29) is 11.2 Å². The number of benzene rings is 2. The van der Waals surface area contributed by atoms with Crippen molar-refractivity contribution >= 4 is 11.6 Å². The molecule has 1 saturated carbocycles. The molecule has 1 aliphatic heterocycles. The standard InChI is InChI=1S/C26H33ClO8/c1-33-15-25(10-2-3-11-25)34-19-7-4-16(5-8-19)12-17-13-18(6-9-20(17)27)26(32)24(31)23(30)22(29)21(14-28)35-26/h4-9,13,21-24,28-32H,2-3,10-12,14-15H2,1H3/t21-,22-,23+,24-,26+/m1/s1. The Morgan fingerprint density at radius 3 is 2.34 bits per heavy atom. The molecule has 4 rings (SSSR count). The highest BCUT2D eigenvalue weighted by Gasteiger charge is 2.53. The maximum Gasteiger partial charge on any atom is 0.222 e. The first-order valence-electron chi connectivity index (χ1n) is 11.8. The predicted molar refractivity (Wildman–Crippen MR) is 128 cm³/mol. The van der Waals surface area contributed by atoms with Gasteiger partial charge in [0.25, 0.3) is 0 Å². The number of hydrogen-bond donors (Lipinski definition) is 5. The second-order valence-corrected chi connectivity index (χ2v) is 9.92. The van der Waals surface area contributed by atoms with E-state index in [2.05, 4.69) is 0 Å². The van der Waals surface area contributed by atoms with Crippen LogP contribution in [0.3, 0.4) is 0 Å². The van der Waals surface area contributed by atoms with Crippen LogP contribution in [-0.4, -0.2) is 75.9 Å². The Morgan fingerprint density at radius 1 is 1.03 bits per heavy atom. The van der Waals surface area contributed by atoms with Crippen LogP contribution < -0.4 is 4.74 Å². The molecular formula is C26H33ClO8. The molecule has 0 aromatic heterocycles.